The number of piperidine rings is 1. The van der Waals surface area contributed by atoms with E-state index >= 15 is 0 Å². The first-order valence-corrected chi connectivity index (χ1v) is 7.11. The summed E-state index contributed by atoms with van der Waals surface area (Å²) in [6.07, 6.45) is 3.07. The molecule has 1 fully saturated rings. The number of nitrogens with one attached hydrogen (secondary N) is 1. The normalized spacial score (nSPS) is 22.1. The van der Waals surface area contributed by atoms with Crippen molar-refractivity contribution in [3.8, 4) is 0 Å². The first-order valence-electron chi connectivity index (χ1n) is 7.11. The summed E-state index contributed by atoms with van der Waals surface area (Å²) in [5, 5.41) is 9.44. The second-order valence-electron chi connectivity index (χ2n) is 5.66. The third-order valence-electron chi connectivity index (χ3n) is 4.28. The predicted molar refractivity (Wildman–Crippen MR) is 77.3 cm³/mol. The van der Waals surface area contributed by atoms with Crippen molar-refractivity contribution < 1.29 is 14.7 Å². The molecule has 1 aromatic heterocycles. The molecule has 1 atom stereocenters. The number of carbonyl (C=O) groups excluding carboxylic acids is 1. The van der Waals surface area contributed by atoms with Gasteiger partial charge in [0.15, 0.2) is 5.43 Å². The van der Waals surface area contributed by atoms with Crippen molar-refractivity contribution in [2.24, 2.45) is 5.41 Å². The molecule has 1 amide bonds. The maximum atomic E-state index is 12.5. The van der Waals surface area contributed by atoms with Gasteiger partial charge in [-0.2, -0.15) is 0 Å². The Morgan fingerprint density at radius 2 is 2.19 bits per heavy atom. The highest BCUT2D eigenvalue weighted by Gasteiger charge is 2.42. The molecule has 1 aliphatic rings. The lowest BCUT2D eigenvalue weighted by Crippen LogP contribution is -2.50. The first kappa shape index (κ1) is 15.3. The number of nitrogens with zero attached hydrogens (tertiary/aromatic N) is 1. The van der Waals surface area contributed by atoms with Crippen LogP contribution in [0.25, 0.3) is 0 Å². The van der Waals surface area contributed by atoms with E-state index in [9.17, 15) is 19.5 Å². The number of carboxylic acids is 1. The van der Waals surface area contributed by atoms with Gasteiger partial charge in [0.25, 0.3) is 5.91 Å². The first-order chi connectivity index (χ1) is 9.89. The van der Waals surface area contributed by atoms with Crippen LogP contribution in [-0.2, 0) is 4.79 Å². The third-order valence-corrected chi connectivity index (χ3v) is 4.28. The number of likely N-dealkylation sites (tertiary alicyclic amines) is 1. The van der Waals surface area contributed by atoms with Crippen LogP contribution in [0.5, 0.6) is 0 Å². The second-order valence-corrected chi connectivity index (χ2v) is 5.66. The Kier molecular flexibility index (Phi) is 4.16. The van der Waals surface area contributed by atoms with E-state index in [0.717, 1.165) is 0 Å². The topological polar surface area (TPSA) is 90.5 Å². The van der Waals surface area contributed by atoms with Crippen LogP contribution in [0.4, 0.5) is 0 Å². The molecule has 1 saturated heterocycles. The highest BCUT2D eigenvalue weighted by molar-refractivity contribution is 5.94. The summed E-state index contributed by atoms with van der Waals surface area (Å²) in [4.78, 5) is 40.2. The van der Waals surface area contributed by atoms with E-state index in [1.54, 1.807) is 6.92 Å². The number of aromatic amines is 1. The highest BCUT2D eigenvalue weighted by atomic mass is 16.4. The van der Waals surface area contributed by atoms with Gasteiger partial charge in [-0.1, -0.05) is 6.92 Å². The molecule has 0 aromatic carbocycles. The van der Waals surface area contributed by atoms with Gasteiger partial charge in [-0.25, -0.2) is 0 Å². The molecule has 2 heterocycles. The summed E-state index contributed by atoms with van der Waals surface area (Å²) in [6, 6.07) is 1.38. The van der Waals surface area contributed by atoms with E-state index in [0.29, 0.717) is 31.5 Å². The SMILES string of the molecule is CCC1(C(=O)O)CCCN(C(=O)c2c[nH]c(C)cc2=O)C1. The molecule has 6 heteroatoms. The van der Waals surface area contributed by atoms with Gasteiger partial charge >= 0.3 is 5.97 Å². The average molecular weight is 292 g/mol. The number of H-pyrrole nitrogens is 1. The van der Waals surface area contributed by atoms with Crippen molar-refractivity contribution in [3.05, 3.63) is 33.7 Å². The fourth-order valence-electron chi connectivity index (χ4n) is 2.83. The lowest BCUT2D eigenvalue weighted by atomic mass is 9.77. The maximum Gasteiger partial charge on any atom is 0.311 e. The van der Waals surface area contributed by atoms with Gasteiger partial charge in [0, 0.05) is 31.0 Å². The molecular formula is C15H20N2O4. The van der Waals surface area contributed by atoms with Crippen LogP contribution in [0.3, 0.4) is 0 Å². The summed E-state index contributed by atoms with van der Waals surface area (Å²) in [6.45, 7) is 4.20. The molecule has 21 heavy (non-hydrogen) atoms. The van der Waals surface area contributed by atoms with Crippen LogP contribution < -0.4 is 5.43 Å². The Morgan fingerprint density at radius 3 is 2.76 bits per heavy atom. The van der Waals surface area contributed by atoms with Crippen LogP contribution >= 0.6 is 0 Å². The molecule has 1 aromatic rings. The van der Waals surface area contributed by atoms with Gasteiger partial charge in [-0.15, -0.1) is 0 Å². The van der Waals surface area contributed by atoms with Gasteiger partial charge in [0.1, 0.15) is 5.56 Å². The van der Waals surface area contributed by atoms with Crippen LogP contribution in [0.2, 0.25) is 0 Å². The van der Waals surface area contributed by atoms with Crippen molar-refractivity contribution >= 4 is 11.9 Å². The van der Waals surface area contributed by atoms with Gasteiger partial charge in [0.05, 0.1) is 5.41 Å². The maximum absolute atomic E-state index is 12.5. The molecule has 1 aliphatic heterocycles. The summed E-state index contributed by atoms with van der Waals surface area (Å²) >= 11 is 0. The Bertz CT molecular complexity index is 622. The van der Waals surface area contributed by atoms with E-state index < -0.39 is 17.3 Å². The minimum Gasteiger partial charge on any atom is -0.481 e. The lowest BCUT2D eigenvalue weighted by molar-refractivity contribution is -0.152. The van der Waals surface area contributed by atoms with Crippen LogP contribution in [0, 0.1) is 12.3 Å². The quantitative estimate of drug-likeness (QED) is 0.881. The molecule has 0 saturated carbocycles. The number of aliphatic carboxylic acids is 1. The van der Waals surface area contributed by atoms with Crippen LogP contribution in [0.1, 0.15) is 42.2 Å². The number of hydrogen-bond donors (Lipinski definition) is 2. The zero-order valence-corrected chi connectivity index (χ0v) is 12.3. The van der Waals surface area contributed by atoms with Crippen LogP contribution in [-0.4, -0.2) is 40.0 Å². The van der Waals surface area contributed by atoms with Crippen molar-refractivity contribution in [1.82, 2.24) is 9.88 Å². The van der Waals surface area contributed by atoms with Gasteiger partial charge in [-0.05, 0) is 26.2 Å². The van der Waals surface area contributed by atoms with Crippen LogP contribution in [0.15, 0.2) is 17.1 Å². The molecule has 0 aliphatic carbocycles. The molecule has 2 rings (SSSR count). The lowest BCUT2D eigenvalue weighted by Gasteiger charge is -2.39. The smallest absolute Gasteiger partial charge is 0.311 e. The fraction of sp³-hybridized carbons (Fsp3) is 0.533. The van der Waals surface area contributed by atoms with Crippen molar-refractivity contribution in [2.75, 3.05) is 13.1 Å². The number of hydrogen-bond acceptors (Lipinski definition) is 3. The van der Waals surface area contributed by atoms with Gasteiger partial charge in [0.2, 0.25) is 0 Å². The van der Waals surface area contributed by atoms with E-state index in [2.05, 4.69) is 4.98 Å². The second kappa shape index (κ2) is 5.71. The third kappa shape index (κ3) is 2.84. The standard InChI is InChI=1S/C15H20N2O4/c1-3-15(14(20)21)5-4-6-17(9-15)13(19)11-8-16-10(2)7-12(11)18/h7-8H,3-6,9H2,1-2H3,(H,16,18)(H,20,21). The van der Waals surface area contributed by atoms with Crippen molar-refractivity contribution in [2.45, 2.75) is 33.1 Å². The molecule has 2 N–H and O–H groups in total. The van der Waals surface area contributed by atoms with Gasteiger partial charge < -0.3 is 15.0 Å². The molecule has 0 spiro atoms. The summed E-state index contributed by atoms with van der Waals surface area (Å²) < 4.78 is 0. The minimum atomic E-state index is -0.897. The predicted octanol–water partition coefficient (Wildman–Crippen LogP) is 1.40. The fourth-order valence-corrected chi connectivity index (χ4v) is 2.83. The molecule has 0 radical (unpaired) electrons. The Labute approximate surface area is 122 Å². The number of pyridine rings is 1. The van der Waals surface area contributed by atoms with Gasteiger partial charge in [-0.3, -0.25) is 14.4 Å². The molecule has 114 valence electrons. The molecule has 6 nitrogen and oxygen atoms in total. The number of aromatic nitrogens is 1. The summed E-state index contributed by atoms with van der Waals surface area (Å²) in [7, 11) is 0. The monoisotopic (exact) mass is 292 g/mol. The largest absolute Gasteiger partial charge is 0.481 e. The zero-order valence-electron chi connectivity index (χ0n) is 12.3. The van der Waals surface area contributed by atoms with Crippen molar-refractivity contribution in [1.29, 1.82) is 0 Å². The number of aryl methyl sites for hydroxylation is 1. The van der Waals surface area contributed by atoms with E-state index in [4.69, 9.17) is 0 Å². The summed E-state index contributed by atoms with van der Waals surface area (Å²) in [5.74, 6) is -1.27. The number of rotatable bonds is 3. The average Bonchev–Trinajstić information content (AvgIpc) is 2.46. The van der Waals surface area contributed by atoms with Crippen molar-refractivity contribution in [3.63, 3.8) is 0 Å². The molecule has 1 unspecified atom stereocenters. The van der Waals surface area contributed by atoms with E-state index in [-0.39, 0.29) is 17.5 Å². The Hall–Kier alpha value is -2.11. The number of carbonyl (C=O) groups is 2. The highest BCUT2D eigenvalue weighted by Crippen LogP contribution is 2.34. The number of amides is 1. The zero-order chi connectivity index (χ0) is 15.6. The van der Waals surface area contributed by atoms with E-state index in [1.807, 2.05) is 6.92 Å². The Balaban J connectivity index is 2.27. The summed E-state index contributed by atoms with van der Waals surface area (Å²) in [5.41, 5.74) is -0.480. The minimum absolute atomic E-state index is 0.0675. The molecular weight excluding hydrogens is 272 g/mol. The number of carboxylic acid groups (broad SMARTS) is 1. The molecule has 0 bridgehead atoms. The Morgan fingerprint density at radius 1 is 1.48 bits per heavy atom. The van der Waals surface area contributed by atoms with E-state index in [1.165, 1.54) is 17.2 Å².